The monoisotopic (exact) mass is 672 g/mol. The van der Waals surface area contributed by atoms with Gasteiger partial charge in [0.25, 0.3) is 5.91 Å². The van der Waals surface area contributed by atoms with E-state index in [1.807, 2.05) is 23.1 Å². The van der Waals surface area contributed by atoms with Crippen molar-refractivity contribution in [3.05, 3.63) is 86.9 Å². The zero-order chi connectivity index (χ0) is 31.8. The van der Waals surface area contributed by atoms with Crippen molar-refractivity contribution < 1.29 is 28.3 Å². The van der Waals surface area contributed by atoms with E-state index < -0.39 is 16.8 Å². The number of fused-ring (bicyclic) bond motifs is 2. The van der Waals surface area contributed by atoms with Crippen LogP contribution in [0.4, 0.5) is 0 Å². The van der Waals surface area contributed by atoms with Crippen LogP contribution in [0.3, 0.4) is 0 Å². The van der Waals surface area contributed by atoms with Crippen LogP contribution >= 0.6 is 23.2 Å². The molecule has 0 N–H and O–H groups in total. The van der Waals surface area contributed by atoms with Crippen molar-refractivity contribution >= 4 is 40.3 Å². The van der Waals surface area contributed by atoms with Crippen LogP contribution in [-0.4, -0.2) is 80.9 Å². The first-order chi connectivity index (χ1) is 21.7. The predicted octanol–water partition coefficient (Wildman–Crippen LogP) is 6.03. The van der Waals surface area contributed by atoms with Gasteiger partial charge in [0.2, 0.25) is 5.75 Å². The number of rotatable bonds is 8. The van der Waals surface area contributed by atoms with Crippen LogP contribution in [0.5, 0.6) is 17.2 Å². The maximum atomic E-state index is 14.0. The molecular formula is C34H38Cl2N2O6S. The van der Waals surface area contributed by atoms with E-state index in [9.17, 15) is 9.35 Å². The molecule has 240 valence electrons. The minimum atomic E-state index is -0.974. The number of amides is 1. The summed E-state index contributed by atoms with van der Waals surface area (Å²) in [7, 11) is 4.59. The second kappa shape index (κ2) is 13.2. The van der Waals surface area contributed by atoms with Crippen LogP contribution in [0.25, 0.3) is 0 Å². The predicted molar refractivity (Wildman–Crippen MR) is 176 cm³/mol. The number of hydrogen-bond acceptors (Lipinski definition) is 7. The molecule has 0 radical (unpaired) electrons. The van der Waals surface area contributed by atoms with Crippen LogP contribution in [0.1, 0.15) is 46.3 Å². The standard InChI is InChI=1S/C34H38Cl2N2O6S/c1-41-29-17-24(18-30(42-2)31(29)43-3)32(39)38-15-16-44-33(21-38,25-9-10-27(35)28(36)19-25)12-14-37-13-6-11-34(22-37)26-8-5-4-7-23(26)20-45(34)40/h4-5,7-10,17-19H,6,11-16,20-22H2,1-3H3/t33-,34?,45?/m0/s1. The molecule has 1 spiro atoms. The molecule has 3 atom stereocenters. The van der Waals surface area contributed by atoms with Gasteiger partial charge in [0.05, 0.1) is 51.1 Å². The highest BCUT2D eigenvalue weighted by molar-refractivity contribution is 7.92. The third-order valence-corrected chi connectivity index (χ3v) is 12.2. The highest BCUT2D eigenvalue weighted by atomic mass is 35.5. The van der Waals surface area contributed by atoms with Crippen molar-refractivity contribution in [1.82, 2.24) is 9.80 Å². The zero-order valence-corrected chi connectivity index (χ0v) is 28.1. The highest BCUT2D eigenvalue weighted by Gasteiger charge is 2.53. The normalized spacial score (nSPS) is 24.8. The summed E-state index contributed by atoms with van der Waals surface area (Å²) in [5, 5.41) is 0.886. The van der Waals surface area contributed by atoms with Gasteiger partial charge in [0.15, 0.2) is 16.2 Å². The fraction of sp³-hybridized carbons (Fsp3) is 0.441. The van der Waals surface area contributed by atoms with Crippen LogP contribution in [-0.2, 0) is 32.0 Å². The Morgan fingerprint density at radius 2 is 1.73 bits per heavy atom. The Balaban J connectivity index is 1.28. The smallest absolute Gasteiger partial charge is 0.254 e. The van der Waals surface area contributed by atoms with Gasteiger partial charge in [-0.25, -0.2) is 0 Å². The third-order valence-electron chi connectivity index (χ3n) is 9.43. The molecule has 0 aliphatic carbocycles. The van der Waals surface area contributed by atoms with E-state index in [0.29, 0.717) is 71.3 Å². The first kappa shape index (κ1) is 32.3. The average molecular weight is 674 g/mol. The topological polar surface area (TPSA) is 83.5 Å². The zero-order valence-electron chi connectivity index (χ0n) is 25.8. The summed E-state index contributed by atoms with van der Waals surface area (Å²) >= 11 is 11.9. The van der Waals surface area contributed by atoms with E-state index in [1.54, 1.807) is 18.2 Å². The van der Waals surface area contributed by atoms with E-state index in [4.69, 9.17) is 42.1 Å². The number of halogens is 2. The number of nitrogens with zero attached hydrogens (tertiary/aromatic N) is 2. The molecule has 2 fully saturated rings. The van der Waals surface area contributed by atoms with Gasteiger partial charge in [-0.3, -0.25) is 9.69 Å². The molecule has 0 bridgehead atoms. The van der Waals surface area contributed by atoms with Crippen molar-refractivity contribution in [3.8, 4) is 17.2 Å². The molecule has 2 unspecified atom stereocenters. The van der Waals surface area contributed by atoms with Gasteiger partial charge in [0.1, 0.15) is 11.4 Å². The van der Waals surface area contributed by atoms with Gasteiger partial charge in [-0.05, 0) is 60.4 Å². The number of benzene rings is 3. The van der Waals surface area contributed by atoms with Gasteiger partial charge in [-0.15, -0.1) is 0 Å². The SMILES string of the molecule is COc1cc(C(=O)N2CCO[C@](CCN3CCCC4(C3)c3ccccc3C[S+]4[O-])(c3ccc(Cl)c(Cl)c3)C2)cc(OC)c1OC. The minimum absolute atomic E-state index is 0.170. The summed E-state index contributed by atoms with van der Waals surface area (Å²) in [6.07, 6.45) is 2.49. The van der Waals surface area contributed by atoms with Crippen LogP contribution in [0, 0.1) is 0 Å². The first-order valence-corrected chi connectivity index (χ1v) is 17.2. The molecule has 3 aliphatic heterocycles. The van der Waals surface area contributed by atoms with E-state index in [0.717, 1.165) is 31.5 Å². The largest absolute Gasteiger partial charge is 0.615 e. The van der Waals surface area contributed by atoms with Crippen LogP contribution < -0.4 is 14.2 Å². The van der Waals surface area contributed by atoms with Crippen LogP contribution in [0.2, 0.25) is 10.0 Å². The molecule has 3 heterocycles. The summed E-state index contributed by atoms with van der Waals surface area (Å²) in [5.74, 6) is 1.69. The number of hydrogen-bond donors (Lipinski definition) is 0. The molecule has 2 saturated heterocycles. The Labute approximate surface area is 277 Å². The van der Waals surface area contributed by atoms with E-state index >= 15 is 0 Å². The number of carbonyl (C=O) groups is 1. The van der Waals surface area contributed by atoms with Crippen molar-refractivity contribution in [2.45, 2.75) is 35.4 Å². The number of methoxy groups -OCH3 is 3. The molecule has 0 aromatic heterocycles. The van der Waals surface area contributed by atoms with E-state index in [1.165, 1.54) is 32.5 Å². The lowest BCUT2D eigenvalue weighted by Gasteiger charge is -2.45. The molecule has 11 heteroatoms. The minimum Gasteiger partial charge on any atom is -0.615 e. The number of piperidine rings is 1. The Bertz CT molecular complexity index is 1550. The van der Waals surface area contributed by atoms with Crippen molar-refractivity contribution in [3.63, 3.8) is 0 Å². The number of likely N-dealkylation sites (tertiary alicyclic amines) is 1. The van der Waals surface area contributed by atoms with Gasteiger partial charge in [-0.2, -0.15) is 0 Å². The van der Waals surface area contributed by atoms with Gasteiger partial charge in [-0.1, -0.05) is 53.5 Å². The Hall–Kier alpha value is -2.66. The lowest BCUT2D eigenvalue weighted by atomic mass is 9.85. The number of ether oxygens (including phenoxy) is 4. The summed E-state index contributed by atoms with van der Waals surface area (Å²) < 4.78 is 36.3. The van der Waals surface area contributed by atoms with Crippen LogP contribution in [0.15, 0.2) is 54.6 Å². The molecule has 3 aromatic rings. The van der Waals surface area contributed by atoms with Crippen molar-refractivity contribution in [2.24, 2.45) is 0 Å². The lowest BCUT2D eigenvalue weighted by molar-refractivity contribution is -0.113. The van der Waals surface area contributed by atoms with Crippen molar-refractivity contribution in [1.29, 1.82) is 0 Å². The van der Waals surface area contributed by atoms with Gasteiger partial charge >= 0.3 is 0 Å². The number of morpholine rings is 1. The van der Waals surface area contributed by atoms with Crippen molar-refractivity contribution in [2.75, 3.05) is 60.7 Å². The fourth-order valence-corrected chi connectivity index (χ4v) is 9.38. The second-order valence-corrected chi connectivity index (χ2v) is 14.5. The lowest BCUT2D eigenvalue weighted by Crippen LogP contribution is -2.54. The molecule has 0 saturated carbocycles. The highest BCUT2D eigenvalue weighted by Crippen LogP contribution is 2.48. The Morgan fingerprint density at radius 3 is 2.44 bits per heavy atom. The number of carbonyl (C=O) groups excluding carboxylic acids is 1. The van der Waals surface area contributed by atoms with Gasteiger partial charge in [0, 0.05) is 36.2 Å². The molecule has 8 nitrogen and oxygen atoms in total. The molecule has 45 heavy (non-hydrogen) atoms. The summed E-state index contributed by atoms with van der Waals surface area (Å²) in [6, 6.07) is 17.2. The first-order valence-electron chi connectivity index (χ1n) is 15.1. The summed E-state index contributed by atoms with van der Waals surface area (Å²) in [6.45, 7) is 3.41. The Kier molecular flexibility index (Phi) is 9.48. The van der Waals surface area contributed by atoms with Gasteiger partial charge < -0.3 is 28.4 Å². The molecule has 6 rings (SSSR count). The molecule has 3 aliphatic rings. The maximum absolute atomic E-state index is 14.0. The maximum Gasteiger partial charge on any atom is 0.254 e. The third kappa shape index (κ3) is 5.99. The second-order valence-electron chi connectivity index (χ2n) is 11.9. The average Bonchev–Trinajstić information content (AvgIpc) is 3.33. The quantitative estimate of drug-likeness (QED) is 0.270. The summed E-state index contributed by atoms with van der Waals surface area (Å²) in [4.78, 5) is 18.3. The molecule has 3 aromatic carbocycles. The summed E-state index contributed by atoms with van der Waals surface area (Å²) in [5.41, 5.74) is 2.88. The Morgan fingerprint density at radius 1 is 0.978 bits per heavy atom. The van der Waals surface area contributed by atoms with E-state index in [2.05, 4.69) is 23.1 Å². The molecular weight excluding hydrogens is 635 g/mol. The fourth-order valence-electron chi connectivity index (χ4n) is 7.13. The molecule has 1 amide bonds. The van der Waals surface area contributed by atoms with E-state index in [-0.39, 0.29) is 10.7 Å².